The average molecular weight is 419 g/mol. The lowest BCUT2D eigenvalue weighted by molar-refractivity contribution is -0.126. The Kier molecular flexibility index (Phi) is 10.4. The molecule has 1 amide bonds. The van der Waals surface area contributed by atoms with E-state index >= 15 is 0 Å². The zero-order valence-electron chi connectivity index (χ0n) is 19.3. The molecule has 0 aromatic carbocycles. The predicted octanol–water partition coefficient (Wildman–Crippen LogP) is 4.91. The molecule has 6 heteroatoms. The Morgan fingerprint density at radius 2 is 1.60 bits per heavy atom. The van der Waals surface area contributed by atoms with E-state index in [2.05, 4.69) is 45.9 Å². The summed E-state index contributed by atoms with van der Waals surface area (Å²) in [4.78, 5) is 23.9. The van der Waals surface area contributed by atoms with Crippen LogP contribution in [0, 0.1) is 11.8 Å². The SMILES string of the molecule is COC1=C(N)[C@@H](OC(N)=O)[C@@H](C/C=C(\C)CC/C=C(\C)CCC=C(C)C)[C@H](C)C1=O. The van der Waals surface area contributed by atoms with Crippen molar-refractivity contribution in [2.45, 2.75) is 72.8 Å². The second-order valence-corrected chi connectivity index (χ2v) is 8.36. The summed E-state index contributed by atoms with van der Waals surface area (Å²) in [5.41, 5.74) is 15.4. The Bertz CT molecular complexity index is 742. The van der Waals surface area contributed by atoms with Crippen LogP contribution in [0.2, 0.25) is 0 Å². The van der Waals surface area contributed by atoms with Crippen LogP contribution in [-0.4, -0.2) is 25.1 Å². The molecule has 0 aromatic rings. The summed E-state index contributed by atoms with van der Waals surface area (Å²) in [7, 11) is 1.38. The molecule has 0 aromatic heterocycles. The van der Waals surface area contributed by atoms with Gasteiger partial charge in [0.2, 0.25) is 5.78 Å². The molecule has 0 fully saturated rings. The second-order valence-electron chi connectivity index (χ2n) is 8.36. The lowest BCUT2D eigenvalue weighted by Gasteiger charge is -2.35. The zero-order valence-corrected chi connectivity index (χ0v) is 19.3. The van der Waals surface area contributed by atoms with Crippen LogP contribution in [0.5, 0.6) is 0 Å². The second kappa shape index (κ2) is 12.3. The maximum atomic E-state index is 12.6. The molecular formula is C24H38N2O4. The first-order chi connectivity index (χ1) is 14.1. The molecule has 3 atom stereocenters. The molecule has 0 aliphatic heterocycles. The molecular weight excluding hydrogens is 380 g/mol. The monoisotopic (exact) mass is 418 g/mol. The fraction of sp³-hybridized carbons (Fsp3) is 0.583. The first-order valence-electron chi connectivity index (χ1n) is 10.6. The van der Waals surface area contributed by atoms with Gasteiger partial charge in [0.15, 0.2) is 11.9 Å². The number of methoxy groups -OCH3 is 1. The maximum Gasteiger partial charge on any atom is 0.405 e. The van der Waals surface area contributed by atoms with Crippen molar-refractivity contribution in [3.8, 4) is 0 Å². The number of allylic oxidation sites excluding steroid dienone is 7. The Morgan fingerprint density at radius 3 is 2.13 bits per heavy atom. The van der Waals surface area contributed by atoms with Gasteiger partial charge in [0.1, 0.15) is 0 Å². The van der Waals surface area contributed by atoms with E-state index in [0.717, 1.165) is 25.7 Å². The highest BCUT2D eigenvalue weighted by molar-refractivity contribution is 5.97. The highest BCUT2D eigenvalue weighted by atomic mass is 16.6. The molecule has 1 aliphatic carbocycles. The molecule has 168 valence electrons. The van der Waals surface area contributed by atoms with E-state index in [1.807, 2.05) is 0 Å². The van der Waals surface area contributed by atoms with E-state index < -0.39 is 18.1 Å². The number of hydrogen-bond donors (Lipinski definition) is 2. The first kappa shape index (κ1) is 25.5. The van der Waals surface area contributed by atoms with Crippen LogP contribution in [0.4, 0.5) is 4.79 Å². The third kappa shape index (κ3) is 7.73. The summed E-state index contributed by atoms with van der Waals surface area (Å²) in [6, 6.07) is 0. The molecule has 0 bridgehead atoms. The first-order valence-corrected chi connectivity index (χ1v) is 10.6. The number of ether oxygens (including phenoxy) is 2. The molecule has 0 unspecified atom stereocenters. The van der Waals surface area contributed by atoms with Gasteiger partial charge in [-0.1, -0.05) is 41.9 Å². The minimum atomic E-state index is -0.917. The fourth-order valence-electron chi connectivity index (χ4n) is 3.66. The van der Waals surface area contributed by atoms with Crippen LogP contribution in [0.15, 0.2) is 46.4 Å². The van der Waals surface area contributed by atoms with Crippen molar-refractivity contribution in [3.63, 3.8) is 0 Å². The average Bonchev–Trinajstić information content (AvgIpc) is 2.65. The van der Waals surface area contributed by atoms with Crippen LogP contribution in [0.25, 0.3) is 0 Å². The molecule has 0 heterocycles. The Hall–Kier alpha value is -2.50. The predicted molar refractivity (Wildman–Crippen MR) is 120 cm³/mol. The molecule has 4 N–H and O–H groups in total. The number of carbonyl (C=O) groups excluding carboxylic acids is 2. The van der Waals surface area contributed by atoms with Gasteiger partial charge in [-0.05, 0) is 59.8 Å². The van der Waals surface area contributed by atoms with Gasteiger partial charge >= 0.3 is 6.09 Å². The van der Waals surface area contributed by atoms with E-state index in [1.54, 1.807) is 6.92 Å². The minimum Gasteiger partial charge on any atom is -0.491 e. The standard InChI is InChI=1S/C24H38N2O4/c1-15(2)9-7-10-16(3)11-8-12-17(4)13-14-19-18(5)21(27)23(29-6)20(25)22(19)30-24(26)28/h9,11,13,18-19,22H,7-8,10,12,14,25H2,1-6H3,(H2,26,28)/b16-11+,17-13+/t18-,19-,22-/m0/s1. The third-order valence-corrected chi connectivity index (χ3v) is 5.55. The van der Waals surface area contributed by atoms with Gasteiger partial charge in [-0.15, -0.1) is 0 Å². The largest absolute Gasteiger partial charge is 0.491 e. The quantitative estimate of drug-likeness (QED) is 0.490. The van der Waals surface area contributed by atoms with Crippen molar-refractivity contribution in [3.05, 3.63) is 46.4 Å². The molecule has 0 radical (unpaired) electrons. The number of rotatable bonds is 10. The lowest BCUT2D eigenvalue weighted by Crippen LogP contribution is -2.45. The van der Waals surface area contributed by atoms with Gasteiger partial charge in [0, 0.05) is 11.8 Å². The number of nitrogens with two attached hydrogens (primary N) is 2. The summed E-state index contributed by atoms with van der Waals surface area (Å²) in [6.07, 6.45) is 9.58. The smallest absolute Gasteiger partial charge is 0.405 e. The topological polar surface area (TPSA) is 105 Å². The van der Waals surface area contributed by atoms with Crippen molar-refractivity contribution in [2.24, 2.45) is 23.3 Å². The number of ketones is 1. The lowest BCUT2D eigenvalue weighted by atomic mass is 9.76. The fourth-order valence-corrected chi connectivity index (χ4v) is 3.66. The molecule has 30 heavy (non-hydrogen) atoms. The van der Waals surface area contributed by atoms with Crippen LogP contribution in [-0.2, 0) is 14.3 Å². The van der Waals surface area contributed by atoms with Crippen LogP contribution in [0.3, 0.4) is 0 Å². The van der Waals surface area contributed by atoms with Gasteiger partial charge in [-0.2, -0.15) is 0 Å². The summed E-state index contributed by atoms with van der Waals surface area (Å²) < 4.78 is 10.4. The van der Waals surface area contributed by atoms with Crippen molar-refractivity contribution < 1.29 is 19.1 Å². The van der Waals surface area contributed by atoms with Crippen molar-refractivity contribution in [2.75, 3.05) is 7.11 Å². The number of hydrogen-bond acceptors (Lipinski definition) is 5. The van der Waals surface area contributed by atoms with Gasteiger partial charge in [0.05, 0.1) is 12.8 Å². The number of primary amides is 1. The van der Waals surface area contributed by atoms with Gasteiger partial charge in [-0.25, -0.2) is 4.79 Å². The normalized spacial score (nSPS) is 22.7. The number of Topliss-reactive ketones (excluding diaryl/α,β-unsaturated/α-hetero) is 1. The van der Waals surface area contributed by atoms with Crippen LogP contribution >= 0.6 is 0 Å². The highest BCUT2D eigenvalue weighted by Gasteiger charge is 2.43. The summed E-state index contributed by atoms with van der Waals surface area (Å²) in [5, 5.41) is 0. The minimum absolute atomic E-state index is 0.0550. The third-order valence-electron chi connectivity index (χ3n) is 5.55. The van der Waals surface area contributed by atoms with E-state index in [0.29, 0.717) is 6.42 Å². The van der Waals surface area contributed by atoms with Crippen LogP contribution < -0.4 is 11.5 Å². The molecule has 0 saturated carbocycles. The van der Waals surface area contributed by atoms with Crippen molar-refractivity contribution in [1.82, 2.24) is 0 Å². The van der Waals surface area contributed by atoms with Gasteiger partial charge in [0.25, 0.3) is 0 Å². The summed E-state index contributed by atoms with van der Waals surface area (Å²) in [5.74, 6) is -0.789. The van der Waals surface area contributed by atoms with Gasteiger partial charge in [-0.3, -0.25) is 4.79 Å². The maximum absolute atomic E-state index is 12.6. The van der Waals surface area contributed by atoms with Gasteiger partial charge < -0.3 is 20.9 Å². The van der Waals surface area contributed by atoms with E-state index in [4.69, 9.17) is 20.9 Å². The molecule has 6 nitrogen and oxygen atoms in total. The van der Waals surface area contributed by atoms with E-state index in [1.165, 1.54) is 23.8 Å². The van der Waals surface area contributed by atoms with Crippen molar-refractivity contribution >= 4 is 11.9 Å². The molecule has 1 aliphatic rings. The Balaban J connectivity index is 2.77. The number of amides is 1. The van der Waals surface area contributed by atoms with E-state index in [9.17, 15) is 9.59 Å². The Morgan fingerprint density at radius 1 is 1.03 bits per heavy atom. The van der Waals surface area contributed by atoms with Crippen molar-refractivity contribution in [1.29, 1.82) is 0 Å². The summed E-state index contributed by atoms with van der Waals surface area (Å²) in [6.45, 7) is 10.3. The van der Waals surface area contributed by atoms with E-state index in [-0.39, 0.29) is 23.2 Å². The van der Waals surface area contributed by atoms with Crippen LogP contribution in [0.1, 0.15) is 66.7 Å². The summed E-state index contributed by atoms with van der Waals surface area (Å²) >= 11 is 0. The highest BCUT2D eigenvalue weighted by Crippen LogP contribution is 2.35. The number of carbonyl (C=O) groups is 2. The molecule has 1 rings (SSSR count). The molecule has 0 spiro atoms. The zero-order chi connectivity index (χ0) is 22.8. The molecule has 0 saturated heterocycles. The Labute approximate surface area is 181 Å².